The van der Waals surface area contributed by atoms with Gasteiger partial charge in [0.1, 0.15) is 6.10 Å². The van der Waals surface area contributed by atoms with E-state index in [1.54, 1.807) is 0 Å². The largest absolute Gasteiger partial charge is 0.368 e. The monoisotopic (exact) mass is 292 g/mol. The lowest BCUT2D eigenvalue weighted by atomic mass is 10.1. The molecule has 1 aromatic rings. The first-order valence-electron chi connectivity index (χ1n) is 7.98. The molecule has 0 spiro atoms. The number of ether oxygens (including phenoxy) is 1. The normalized spacial score (nSPS) is 19.9. The van der Waals surface area contributed by atoms with Crippen molar-refractivity contribution in [3.8, 4) is 0 Å². The van der Waals surface area contributed by atoms with Crippen molar-refractivity contribution in [1.29, 1.82) is 0 Å². The number of aryl methyl sites for hydroxylation is 2. The van der Waals surface area contributed by atoms with E-state index in [0.717, 1.165) is 62.8 Å². The molecule has 0 aliphatic carbocycles. The molecular formula is C16H28N4O. The van der Waals surface area contributed by atoms with Gasteiger partial charge in [0.2, 0.25) is 0 Å². The highest BCUT2D eigenvalue weighted by atomic mass is 16.5. The van der Waals surface area contributed by atoms with E-state index in [9.17, 15) is 0 Å². The van der Waals surface area contributed by atoms with E-state index in [1.165, 1.54) is 5.56 Å². The first-order valence-corrected chi connectivity index (χ1v) is 7.98. The molecule has 0 bridgehead atoms. The molecule has 1 aliphatic rings. The molecule has 2 rings (SSSR count). The third-order valence-corrected chi connectivity index (χ3v) is 4.18. The zero-order valence-electron chi connectivity index (χ0n) is 13.8. The van der Waals surface area contributed by atoms with E-state index in [1.807, 2.05) is 7.05 Å². The Balaban J connectivity index is 2.11. The molecule has 1 saturated heterocycles. The van der Waals surface area contributed by atoms with Crippen LogP contribution in [0.1, 0.15) is 42.2 Å². The summed E-state index contributed by atoms with van der Waals surface area (Å²) in [5, 5.41) is 3.18. The molecule has 21 heavy (non-hydrogen) atoms. The van der Waals surface area contributed by atoms with Crippen LogP contribution < -0.4 is 5.32 Å². The van der Waals surface area contributed by atoms with Gasteiger partial charge in [-0.05, 0) is 52.4 Å². The summed E-state index contributed by atoms with van der Waals surface area (Å²) in [6.07, 6.45) is 2.16. The first-order chi connectivity index (χ1) is 10.2. The average Bonchev–Trinajstić information content (AvgIpc) is 2.50. The highest BCUT2D eigenvalue weighted by molar-refractivity contribution is 5.25. The third-order valence-electron chi connectivity index (χ3n) is 4.18. The van der Waals surface area contributed by atoms with Gasteiger partial charge in [-0.1, -0.05) is 6.92 Å². The molecule has 118 valence electrons. The number of aromatic nitrogens is 2. The van der Waals surface area contributed by atoms with Gasteiger partial charge in [0, 0.05) is 24.5 Å². The smallest absolute Gasteiger partial charge is 0.158 e. The van der Waals surface area contributed by atoms with Crippen LogP contribution in [0.15, 0.2) is 0 Å². The fraction of sp³-hybridized carbons (Fsp3) is 0.750. The molecule has 0 saturated carbocycles. The molecule has 5 nitrogen and oxygen atoms in total. The molecule has 2 heterocycles. The third kappa shape index (κ3) is 4.22. The predicted octanol–water partition coefficient (Wildman–Crippen LogP) is 1.64. The predicted molar refractivity (Wildman–Crippen MR) is 84.6 cm³/mol. The molecule has 0 aromatic carbocycles. The topological polar surface area (TPSA) is 50.3 Å². The highest BCUT2D eigenvalue weighted by Crippen LogP contribution is 2.22. The average molecular weight is 292 g/mol. The van der Waals surface area contributed by atoms with Crippen LogP contribution in [-0.2, 0) is 11.2 Å². The summed E-state index contributed by atoms with van der Waals surface area (Å²) in [5.74, 6) is 0.848. The van der Waals surface area contributed by atoms with Gasteiger partial charge in [-0.2, -0.15) is 0 Å². The second-order valence-corrected chi connectivity index (χ2v) is 5.69. The summed E-state index contributed by atoms with van der Waals surface area (Å²) in [4.78, 5) is 11.8. The van der Waals surface area contributed by atoms with Crippen molar-refractivity contribution in [1.82, 2.24) is 20.2 Å². The van der Waals surface area contributed by atoms with E-state index in [2.05, 4.69) is 31.0 Å². The Morgan fingerprint density at radius 3 is 2.62 bits per heavy atom. The maximum absolute atomic E-state index is 5.87. The van der Waals surface area contributed by atoms with Crippen LogP contribution in [0.2, 0.25) is 0 Å². The van der Waals surface area contributed by atoms with Crippen LogP contribution in [0.5, 0.6) is 0 Å². The van der Waals surface area contributed by atoms with Crippen molar-refractivity contribution in [3.63, 3.8) is 0 Å². The second kappa shape index (κ2) is 7.82. The van der Waals surface area contributed by atoms with Gasteiger partial charge in [-0.15, -0.1) is 0 Å². The number of rotatable bonds is 6. The first kappa shape index (κ1) is 16.3. The summed E-state index contributed by atoms with van der Waals surface area (Å²) in [5.41, 5.74) is 3.49. The Labute approximate surface area is 128 Å². The van der Waals surface area contributed by atoms with E-state index < -0.39 is 0 Å². The summed E-state index contributed by atoms with van der Waals surface area (Å²) in [6, 6.07) is 0. The van der Waals surface area contributed by atoms with Crippen LogP contribution in [0, 0.1) is 13.8 Å². The fourth-order valence-electron chi connectivity index (χ4n) is 2.86. The number of nitrogens with zero attached hydrogens (tertiary/aromatic N) is 3. The number of hydrogen-bond donors (Lipinski definition) is 1. The highest BCUT2D eigenvalue weighted by Gasteiger charge is 2.24. The molecule has 1 unspecified atom stereocenters. The molecule has 1 N–H and O–H groups in total. The van der Waals surface area contributed by atoms with Gasteiger partial charge in [-0.25, -0.2) is 9.97 Å². The Morgan fingerprint density at radius 1 is 1.29 bits per heavy atom. The standard InChI is InChI=1S/C16H28N4O/c1-5-20-9-10-21-15(11-20)16-18-12(2)14(13(3)19-16)7-6-8-17-4/h15,17H,5-11H2,1-4H3. The summed E-state index contributed by atoms with van der Waals surface area (Å²) < 4.78 is 5.87. The van der Waals surface area contributed by atoms with E-state index in [4.69, 9.17) is 14.7 Å². The molecule has 0 radical (unpaired) electrons. The van der Waals surface area contributed by atoms with Crippen LogP contribution in [-0.4, -0.2) is 54.7 Å². The van der Waals surface area contributed by atoms with E-state index in [0.29, 0.717) is 0 Å². The van der Waals surface area contributed by atoms with Gasteiger partial charge in [0.25, 0.3) is 0 Å². The lowest BCUT2D eigenvalue weighted by molar-refractivity contribution is -0.0327. The number of morpholine rings is 1. The summed E-state index contributed by atoms with van der Waals surface area (Å²) in [7, 11) is 1.99. The minimum atomic E-state index is 0.0162. The van der Waals surface area contributed by atoms with Crippen LogP contribution in [0.3, 0.4) is 0 Å². The Morgan fingerprint density at radius 2 is 2.00 bits per heavy atom. The van der Waals surface area contributed by atoms with Crippen molar-refractivity contribution in [2.24, 2.45) is 0 Å². The maximum atomic E-state index is 5.87. The molecule has 1 atom stereocenters. The summed E-state index contributed by atoms with van der Waals surface area (Å²) in [6.45, 7) is 11.1. The van der Waals surface area contributed by atoms with Crippen molar-refractivity contribution in [2.75, 3.05) is 39.8 Å². The lowest BCUT2D eigenvalue weighted by Gasteiger charge is -2.31. The second-order valence-electron chi connectivity index (χ2n) is 5.69. The van der Waals surface area contributed by atoms with E-state index in [-0.39, 0.29) is 6.10 Å². The van der Waals surface area contributed by atoms with Crippen molar-refractivity contribution < 1.29 is 4.74 Å². The SMILES string of the molecule is CCN1CCOC(c2nc(C)c(CCCNC)c(C)n2)C1. The Hall–Kier alpha value is -1.04. The maximum Gasteiger partial charge on any atom is 0.158 e. The van der Waals surface area contributed by atoms with Crippen molar-refractivity contribution >= 4 is 0 Å². The fourth-order valence-corrected chi connectivity index (χ4v) is 2.86. The Bertz CT molecular complexity index is 441. The zero-order valence-corrected chi connectivity index (χ0v) is 13.8. The molecule has 1 aliphatic heterocycles. The molecule has 1 fully saturated rings. The van der Waals surface area contributed by atoms with Crippen molar-refractivity contribution in [2.45, 2.75) is 39.7 Å². The Kier molecular flexibility index (Phi) is 6.08. The van der Waals surface area contributed by atoms with Gasteiger partial charge < -0.3 is 10.1 Å². The number of likely N-dealkylation sites (N-methyl/N-ethyl adjacent to an activating group) is 1. The van der Waals surface area contributed by atoms with Gasteiger partial charge >= 0.3 is 0 Å². The minimum absolute atomic E-state index is 0.0162. The minimum Gasteiger partial charge on any atom is -0.368 e. The molecule has 0 amide bonds. The number of nitrogens with one attached hydrogen (secondary N) is 1. The van der Waals surface area contributed by atoms with E-state index >= 15 is 0 Å². The van der Waals surface area contributed by atoms with Crippen molar-refractivity contribution in [3.05, 3.63) is 22.8 Å². The van der Waals surface area contributed by atoms with Crippen LogP contribution >= 0.6 is 0 Å². The van der Waals surface area contributed by atoms with Gasteiger partial charge in [0.05, 0.1) is 6.61 Å². The molecule has 5 heteroatoms. The molecular weight excluding hydrogens is 264 g/mol. The van der Waals surface area contributed by atoms with Crippen LogP contribution in [0.4, 0.5) is 0 Å². The lowest BCUT2D eigenvalue weighted by Crippen LogP contribution is -2.38. The zero-order chi connectivity index (χ0) is 15.2. The number of hydrogen-bond acceptors (Lipinski definition) is 5. The quantitative estimate of drug-likeness (QED) is 0.808. The van der Waals surface area contributed by atoms with Crippen LogP contribution in [0.25, 0.3) is 0 Å². The molecule has 1 aromatic heterocycles. The van der Waals surface area contributed by atoms with Gasteiger partial charge in [0.15, 0.2) is 5.82 Å². The van der Waals surface area contributed by atoms with Gasteiger partial charge in [-0.3, -0.25) is 4.90 Å². The summed E-state index contributed by atoms with van der Waals surface area (Å²) >= 11 is 0.